The number of hydrogen-bond acceptors (Lipinski definition) is 2. The minimum Gasteiger partial charge on any atom is -0.494 e. The van der Waals surface area contributed by atoms with Crippen molar-refractivity contribution in [3.05, 3.63) is 41.5 Å². The summed E-state index contributed by atoms with van der Waals surface area (Å²) in [5.41, 5.74) is 2.79. The van der Waals surface area contributed by atoms with Gasteiger partial charge in [-0.25, -0.2) is 0 Å². The van der Waals surface area contributed by atoms with Crippen LogP contribution in [0.15, 0.2) is 30.3 Å². The maximum atomic E-state index is 6.48. The van der Waals surface area contributed by atoms with Crippen LogP contribution in [-0.2, 0) is 5.41 Å². The molecule has 0 saturated heterocycles. The Kier molecular flexibility index (Phi) is 11.2. The molecule has 2 rings (SSSR count). The van der Waals surface area contributed by atoms with Gasteiger partial charge < -0.3 is 9.47 Å². The van der Waals surface area contributed by atoms with E-state index in [9.17, 15) is 0 Å². The zero-order valence-corrected chi connectivity index (χ0v) is 27.1. The van der Waals surface area contributed by atoms with E-state index in [0.29, 0.717) is 0 Å². The SMILES string of the molecule is CCCCOc1ccc(C(C)(C)c2cc([SiH](C)C)c(OCCCC)c([SiH](C)C)c2)cc1[SiH](C)C. The lowest BCUT2D eigenvalue weighted by Gasteiger charge is -2.31. The highest BCUT2D eigenvalue weighted by Gasteiger charge is 2.28. The summed E-state index contributed by atoms with van der Waals surface area (Å²) in [7, 11) is -3.12. The Labute approximate surface area is 215 Å². The second kappa shape index (κ2) is 13.1. The number of hydrogen-bond donors (Lipinski definition) is 0. The van der Waals surface area contributed by atoms with Gasteiger partial charge in [-0.15, -0.1) is 0 Å². The number of unbranched alkanes of at least 4 members (excludes halogenated alkanes) is 2. The van der Waals surface area contributed by atoms with Gasteiger partial charge in [0.05, 0.1) is 39.6 Å². The Morgan fingerprint density at radius 2 is 1.12 bits per heavy atom. The summed E-state index contributed by atoms with van der Waals surface area (Å²) < 4.78 is 12.7. The van der Waals surface area contributed by atoms with E-state index in [2.05, 4.69) is 97.3 Å². The maximum Gasteiger partial charge on any atom is 0.118 e. The molecule has 190 valence electrons. The quantitative estimate of drug-likeness (QED) is 0.261. The first-order valence-electron chi connectivity index (χ1n) is 13.6. The van der Waals surface area contributed by atoms with Crippen molar-refractivity contribution < 1.29 is 9.47 Å². The molecule has 5 heteroatoms. The van der Waals surface area contributed by atoms with Gasteiger partial charge in [0.2, 0.25) is 0 Å². The van der Waals surface area contributed by atoms with Gasteiger partial charge in [0.1, 0.15) is 11.5 Å². The van der Waals surface area contributed by atoms with Crippen LogP contribution < -0.4 is 25.0 Å². The van der Waals surface area contributed by atoms with Crippen molar-refractivity contribution in [1.82, 2.24) is 0 Å². The molecule has 0 bridgehead atoms. The largest absolute Gasteiger partial charge is 0.494 e. The van der Waals surface area contributed by atoms with E-state index in [1.165, 1.54) is 45.3 Å². The van der Waals surface area contributed by atoms with Gasteiger partial charge in [-0.2, -0.15) is 0 Å². The molecule has 0 unspecified atom stereocenters. The van der Waals surface area contributed by atoms with E-state index >= 15 is 0 Å². The van der Waals surface area contributed by atoms with Crippen LogP contribution >= 0.6 is 0 Å². The average Bonchev–Trinajstić information content (AvgIpc) is 2.78. The highest BCUT2D eigenvalue weighted by atomic mass is 28.3. The molecule has 2 nitrogen and oxygen atoms in total. The van der Waals surface area contributed by atoms with Crippen LogP contribution in [0, 0.1) is 0 Å². The molecule has 34 heavy (non-hydrogen) atoms. The second-order valence-electron chi connectivity index (χ2n) is 11.2. The van der Waals surface area contributed by atoms with Crippen molar-refractivity contribution in [2.24, 2.45) is 0 Å². The van der Waals surface area contributed by atoms with Gasteiger partial charge >= 0.3 is 0 Å². The van der Waals surface area contributed by atoms with Crippen LogP contribution in [0.5, 0.6) is 11.5 Å². The van der Waals surface area contributed by atoms with Crippen molar-refractivity contribution in [2.45, 2.75) is 98.1 Å². The van der Waals surface area contributed by atoms with Crippen molar-refractivity contribution in [2.75, 3.05) is 13.2 Å². The Balaban J connectivity index is 2.57. The zero-order valence-electron chi connectivity index (χ0n) is 23.7. The maximum absolute atomic E-state index is 6.48. The predicted octanol–water partition coefficient (Wildman–Crippen LogP) is 5.45. The topological polar surface area (TPSA) is 18.5 Å². The molecule has 0 radical (unpaired) electrons. The molecule has 2 aromatic rings. The van der Waals surface area contributed by atoms with E-state index in [0.717, 1.165) is 31.8 Å². The lowest BCUT2D eigenvalue weighted by molar-refractivity contribution is 0.311. The van der Waals surface area contributed by atoms with Gasteiger partial charge in [0.25, 0.3) is 0 Å². The van der Waals surface area contributed by atoms with Crippen LogP contribution in [0.4, 0.5) is 0 Å². The van der Waals surface area contributed by atoms with Crippen molar-refractivity contribution >= 4 is 42.0 Å². The highest BCUT2D eigenvalue weighted by Crippen LogP contribution is 2.33. The van der Waals surface area contributed by atoms with Gasteiger partial charge in [-0.3, -0.25) is 0 Å². The smallest absolute Gasteiger partial charge is 0.118 e. The minimum atomic E-state index is -1.05. The van der Waals surface area contributed by atoms with E-state index in [1.54, 1.807) is 0 Å². The molecule has 0 spiro atoms. The molecule has 0 aliphatic rings. The number of benzene rings is 2. The van der Waals surface area contributed by atoms with E-state index in [4.69, 9.17) is 9.47 Å². The first-order valence-corrected chi connectivity index (χ1v) is 22.3. The normalized spacial score (nSPS) is 12.1. The third kappa shape index (κ3) is 7.11. The fourth-order valence-electron chi connectivity index (χ4n) is 4.39. The highest BCUT2D eigenvalue weighted by molar-refractivity contribution is 6.76. The zero-order chi connectivity index (χ0) is 25.5. The molecule has 0 fully saturated rings. The summed E-state index contributed by atoms with van der Waals surface area (Å²) >= 11 is 0. The van der Waals surface area contributed by atoms with Gasteiger partial charge in [-0.1, -0.05) is 104 Å². The van der Waals surface area contributed by atoms with E-state index in [-0.39, 0.29) is 5.41 Å². The first kappa shape index (κ1) is 28.9. The van der Waals surface area contributed by atoms with Crippen LogP contribution in [0.3, 0.4) is 0 Å². The average molecular weight is 515 g/mol. The molecule has 0 saturated carbocycles. The third-order valence-electron chi connectivity index (χ3n) is 6.97. The van der Waals surface area contributed by atoms with E-state index in [1.807, 2.05) is 0 Å². The molecule has 2 aromatic carbocycles. The lowest BCUT2D eigenvalue weighted by atomic mass is 9.78. The Morgan fingerprint density at radius 1 is 0.647 bits per heavy atom. The summed E-state index contributed by atoms with van der Waals surface area (Å²) in [6.07, 6.45) is 4.58. The molecule has 0 aliphatic carbocycles. The Bertz CT molecular complexity index is 891. The Morgan fingerprint density at radius 3 is 1.59 bits per heavy atom. The first-order chi connectivity index (χ1) is 16.0. The molecule has 0 amide bonds. The lowest BCUT2D eigenvalue weighted by Crippen LogP contribution is -2.38. The second-order valence-corrected chi connectivity index (χ2v) is 20.0. The van der Waals surface area contributed by atoms with Crippen LogP contribution in [-0.4, -0.2) is 39.6 Å². The third-order valence-corrected chi connectivity index (χ3v) is 12.0. The molecular formula is C29H50O2Si3. The monoisotopic (exact) mass is 514 g/mol. The molecule has 0 aromatic heterocycles. The number of ether oxygens (including phenoxy) is 2. The summed E-state index contributed by atoms with van der Waals surface area (Å²) in [6.45, 7) is 25.5. The van der Waals surface area contributed by atoms with Crippen molar-refractivity contribution in [3.8, 4) is 11.5 Å². The van der Waals surface area contributed by atoms with E-state index < -0.39 is 26.4 Å². The molecular weight excluding hydrogens is 465 g/mol. The van der Waals surface area contributed by atoms with Crippen LogP contribution in [0.25, 0.3) is 0 Å². The van der Waals surface area contributed by atoms with Crippen LogP contribution in [0.2, 0.25) is 39.3 Å². The fraction of sp³-hybridized carbons (Fsp3) is 0.586. The summed E-state index contributed by atoms with van der Waals surface area (Å²) in [5, 5.41) is 4.48. The summed E-state index contributed by atoms with van der Waals surface area (Å²) in [5.74, 6) is 2.35. The van der Waals surface area contributed by atoms with Gasteiger partial charge in [0, 0.05) is 5.41 Å². The standard InChI is InChI=1S/C29H50O2Si3/c1-11-13-17-30-24-16-15-22(19-25(24)32(5)6)29(3,4)23-20-26(33(7)8)28(31-18-14-12-2)27(21-23)34(9)10/h15-16,19-21,32-34H,11-14,17-18H2,1-10H3. The molecule has 0 aliphatic heterocycles. The van der Waals surface area contributed by atoms with Crippen molar-refractivity contribution in [1.29, 1.82) is 0 Å². The minimum absolute atomic E-state index is 0.0575. The molecule has 0 N–H and O–H groups in total. The van der Waals surface area contributed by atoms with Gasteiger partial charge in [-0.05, 0) is 45.6 Å². The molecule has 0 atom stereocenters. The van der Waals surface area contributed by atoms with Crippen LogP contribution in [0.1, 0.15) is 64.5 Å². The van der Waals surface area contributed by atoms with Gasteiger partial charge in [0.15, 0.2) is 0 Å². The van der Waals surface area contributed by atoms with Crippen molar-refractivity contribution in [3.63, 3.8) is 0 Å². The summed E-state index contributed by atoms with van der Waals surface area (Å²) in [6, 6.07) is 12.0. The summed E-state index contributed by atoms with van der Waals surface area (Å²) in [4.78, 5) is 0. The molecule has 0 heterocycles. The predicted molar refractivity (Wildman–Crippen MR) is 161 cm³/mol. The fourth-order valence-corrected chi connectivity index (χ4v) is 8.39. The number of rotatable bonds is 13. The Hall–Kier alpha value is -1.31.